The summed E-state index contributed by atoms with van der Waals surface area (Å²) in [5.74, 6) is 5.11. The van der Waals surface area contributed by atoms with Crippen molar-refractivity contribution in [1.82, 2.24) is 5.01 Å². The van der Waals surface area contributed by atoms with Crippen LogP contribution in [0, 0.1) is 0 Å². The average molecular weight is 102 g/mol. The fourth-order valence-electron chi connectivity index (χ4n) is 0.213. The Morgan fingerprint density at radius 1 is 1.86 bits per heavy atom. The van der Waals surface area contributed by atoms with Crippen LogP contribution < -0.4 is 5.84 Å². The third-order valence-electron chi connectivity index (χ3n) is 0.446. The molecule has 0 heterocycles. The topological polar surface area (TPSA) is 49.5 Å². The lowest BCUT2D eigenvalue weighted by molar-refractivity contribution is 0.339. The van der Waals surface area contributed by atoms with Crippen LogP contribution in [0.1, 0.15) is 0 Å². The molecule has 0 fully saturated rings. The molecule has 0 atom stereocenters. The van der Waals surface area contributed by atoms with Gasteiger partial charge in [0.1, 0.15) is 0 Å². The van der Waals surface area contributed by atoms with Gasteiger partial charge in [-0.05, 0) is 6.08 Å². The lowest BCUT2D eigenvalue weighted by Crippen LogP contribution is -2.18. The van der Waals surface area contributed by atoms with Gasteiger partial charge in [0, 0.05) is 13.2 Å². The summed E-state index contributed by atoms with van der Waals surface area (Å²) in [7, 11) is 1.69. The third kappa shape index (κ3) is 5.46. The van der Waals surface area contributed by atoms with E-state index < -0.39 is 0 Å². The Labute approximate surface area is 43.0 Å². The zero-order valence-corrected chi connectivity index (χ0v) is 4.33. The third-order valence-corrected chi connectivity index (χ3v) is 0.446. The predicted molar refractivity (Wildman–Crippen MR) is 28.2 cm³/mol. The lowest BCUT2D eigenvalue weighted by atomic mass is 10.6. The number of hydrogen-bond donors (Lipinski definition) is 2. The molecule has 0 amide bonds. The maximum absolute atomic E-state index is 8.15. The van der Waals surface area contributed by atoms with Gasteiger partial charge in [0.25, 0.3) is 0 Å². The molecule has 0 aromatic carbocycles. The summed E-state index contributed by atoms with van der Waals surface area (Å²) in [6, 6.07) is 0. The highest BCUT2D eigenvalue weighted by Crippen LogP contribution is 1.69. The van der Waals surface area contributed by atoms with Crippen LogP contribution in [-0.2, 0) is 0 Å². The van der Waals surface area contributed by atoms with E-state index in [0.29, 0.717) is 0 Å². The molecular weight excluding hydrogens is 92.1 g/mol. The Morgan fingerprint density at radius 3 is 2.57 bits per heavy atom. The Bertz CT molecular complexity index is 60.7. The largest absolute Gasteiger partial charge is 0.392 e. The number of hydrazine groups is 1. The standard InChI is InChI=1S/C4H10N2O/c1-6(5)3-2-4-7/h2-3,7H,4-5H2,1H3/b3-2+. The second kappa shape index (κ2) is 3.64. The molecule has 0 spiro atoms. The number of nitrogens with zero attached hydrogens (tertiary/aromatic N) is 1. The van der Waals surface area contributed by atoms with Gasteiger partial charge in [-0.1, -0.05) is 0 Å². The first kappa shape index (κ1) is 6.46. The average Bonchev–Trinajstić information content (AvgIpc) is 1.61. The Balaban J connectivity index is 3.08. The van der Waals surface area contributed by atoms with Crippen molar-refractivity contribution in [2.45, 2.75) is 0 Å². The van der Waals surface area contributed by atoms with E-state index in [0.717, 1.165) is 0 Å². The zero-order chi connectivity index (χ0) is 5.70. The number of hydrogen-bond acceptors (Lipinski definition) is 3. The molecule has 0 radical (unpaired) electrons. The number of aliphatic hydroxyl groups is 1. The van der Waals surface area contributed by atoms with E-state index in [9.17, 15) is 0 Å². The van der Waals surface area contributed by atoms with E-state index in [-0.39, 0.29) is 6.61 Å². The van der Waals surface area contributed by atoms with Crippen LogP contribution in [0.25, 0.3) is 0 Å². The molecular formula is C4H10N2O. The van der Waals surface area contributed by atoms with Gasteiger partial charge in [0.2, 0.25) is 0 Å². The van der Waals surface area contributed by atoms with Crippen LogP contribution in [0.2, 0.25) is 0 Å². The highest BCUT2D eigenvalue weighted by atomic mass is 16.2. The molecule has 0 aliphatic heterocycles. The van der Waals surface area contributed by atoms with Crippen LogP contribution in [0.5, 0.6) is 0 Å². The SMILES string of the molecule is CN(N)/C=C/CO. The van der Waals surface area contributed by atoms with Gasteiger partial charge < -0.3 is 10.1 Å². The fraction of sp³-hybridized carbons (Fsp3) is 0.500. The molecule has 0 bridgehead atoms. The van der Waals surface area contributed by atoms with Crippen molar-refractivity contribution in [3.05, 3.63) is 12.3 Å². The molecule has 0 aliphatic carbocycles. The summed E-state index contributed by atoms with van der Waals surface area (Å²) in [6.45, 7) is 0.0432. The molecule has 3 heteroatoms. The second-order valence-electron chi connectivity index (χ2n) is 1.23. The summed E-state index contributed by atoms with van der Waals surface area (Å²) in [5.41, 5.74) is 0. The lowest BCUT2D eigenvalue weighted by Gasteiger charge is -2.00. The molecule has 0 saturated carbocycles. The number of nitrogens with two attached hydrogens (primary N) is 1. The van der Waals surface area contributed by atoms with E-state index in [4.69, 9.17) is 10.9 Å². The normalized spacial score (nSPS) is 10.1. The second-order valence-corrected chi connectivity index (χ2v) is 1.23. The molecule has 0 rings (SSSR count). The van der Waals surface area contributed by atoms with Gasteiger partial charge in [-0.15, -0.1) is 0 Å². The molecule has 0 aromatic heterocycles. The van der Waals surface area contributed by atoms with E-state index in [1.54, 1.807) is 19.3 Å². The minimum absolute atomic E-state index is 0.0432. The summed E-state index contributed by atoms with van der Waals surface area (Å²) in [6.07, 6.45) is 3.14. The summed E-state index contributed by atoms with van der Waals surface area (Å²) < 4.78 is 0. The van der Waals surface area contributed by atoms with E-state index in [1.165, 1.54) is 5.01 Å². The van der Waals surface area contributed by atoms with Gasteiger partial charge in [-0.2, -0.15) is 0 Å². The molecule has 0 aliphatic rings. The first-order valence-corrected chi connectivity index (χ1v) is 2.02. The van der Waals surface area contributed by atoms with Crippen molar-refractivity contribution in [2.75, 3.05) is 13.7 Å². The maximum atomic E-state index is 8.15. The van der Waals surface area contributed by atoms with Crippen molar-refractivity contribution in [3.8, 4) is 0 Å². The van der Waals surface area contributed by atoms with Gasteiger partial charge in [0.05, 0.1) is 6.61 Å². The molecule has 7 heavy (non-hydrogen) atoms. The van der Waals surface area contributed by atoms with E-state index in [2.05, 4.69) is 0 Å². The maximum Gasteiger partial charge on any atom is 0.0629 e. The molecule has 3 N–H and O–H groups in total. The Morgan fingerprint density at radius 2 is 2.43 bits per heavy atom. The number of rotatable bonds is 2. The summed E-state index contributed by atoms with van der Waals surface area (Å²) in [4.78, 5) is 0. The van der Waals surface area contributed by atoms with Gasteiger partial charge in [-0.25, -0.2) is 5.84 Å². The highest BCUT2D eigenvalue weighted by molar-refractivity contribution is 4.76. The Hall–Kier alpha value is -0.540. The van der Waals surface area contributed by atoms with Crippen LogP contribution >= 0.6 is 0 Å². The van der Waals surface area contributed by atoms with Crippen LogP contribution in [0.3, 0.4) is 0 Å². The van der Waals surface area contributed by atoms with Gasteiger partial charge >= 0.3 is 0 Å². The molecule has 0 unspecified atom stereocenters. The summed E-state index contributed by atoms with van der Waals surface area (Å²) >= 11 is 0. The van der Waals surface area contributed by atoms with Crippen molar-refractivity contribution >= 4 is 0 Å². The van der Waals surface area contributed by atoms with Gasteiger partial charge in [0.15, 0.2) is 0 Å². The Kier molecular flexibility index (Phi) is 3.36. The van der Waals surface area contributed by atoms with Crippen molar-refractivity contribution in [2.24, 2.45) is 5.84 Å². The quantitative estimate of drug-likeness (QED) is 0.358. The van der Waals surface area contributed by atoms with Crippen LogP contribution in [-0.4, -0.2) is 23.8 Å². The zero-order valence-electron chi connectivity index (χ0n) is 4.33. The highest BCUT2D eigenvalue weighted by Gasteiger charge is 1.70. The first-order valence-electron chi connectivity index (χ1n) is 2.02. The van der Waals surface area contributed by atoms with Gasteiger partial charge in [-0.3, -0.25) is 0 Å². The molecule has 0 aromatic rings. The van der Waals surface area contributed by atoms with Crippen LogP contribution in [0.15, 0.2) is 12.3 Å². The molecule has 42 valence electrons. The molecule has 0 saturated heterocycles. The minimum atomic E-state index is 0.0432. The summed E-state index contributed by atoms with van der Waals surface area (Å²) in [5, 5.41) is 9.52. The van der Waals surface area contributed by atoms with Crippen molar-refractivity contribution < 1.29 is 5.11 Å². The minimum Gasteiger partial charge on any atom is -0.392 e. The fourth-order valence-corrected chi connectivity index (χ4v) is 0.213. The monoisotopic (exact) mass is 102 g/mol. The smallest absolute Gasteiger partial charge is 0.0629 e. The van der Waals surface area contributed by atoms with Crippen molar-refractivity contribution in [1.29, 1.82) is 0 Å². The van der Waals surface area contributed by atoms with Crippen LogP contribution in [0.4, 0.5) is 0 Å². The predicted octanol–water partition coefficient (Wildman–Crippen LogP) is -0.702. The number of aliphatic hydroxyl groups excluding tert-OH is 1. The van der Waals surface area contributed by atoms with E-state index >= 15 is 0 Å². The first-order chi connectivity index (χ1) is 3.27. The van der Waals surface area contributed by atoms with Crippen molar-refractivity contribution in [3.63, 3.8) is 0 Å². The van der Waals surface area contributed by atoms with E-state index in [1.807, 2.05) is 0 Å². The molecule has 3 nitrogen and oxygen atoms in total.